The third kappa shape index (κ3) is 6.67. The number of piperidine rings is 1. The maximum Gasteiger partial charge on any atom is 0.181 e. The molecule has 0 spiro atoms. The molecule has 0 amide bonds. The first-order chi connectivity index (χ1) is 18.2. The number of benzene rings is 2. The Labute approximate surface area is 221 Å². The van der Waals surface area contributed by atoms with Crippen LogP contribution < -0.4 is 5.73 Å². The third-order valence-corrected chi connectivity index (χ3v) is 8.48. The Morgan fingerprint density at radius 3 is 2.32 bits per heavy atom. The van der Waals surface area contributed by atoms with Gasteiger partial charge in [-0.2, -0.15) is 5.10 Å². The molecule has 2 heterocycles. The second kappa shape index (κ2) is 12.8. The number of nitrogens with two attached hydrogens (primary N) is 1. The smallest absolute Gasteiger partial charge is 0.181 e. The number of hydrogen-bond acceptors (Lipinski definition) is 5. The van der Waals surface area contributed by atoms with Crippen LogP contribution in [0.4, 0.5) is 0 Å². The van der Waals surface area contributed by atoms with Crippen LogP contribution in [0.15, 0.2) is 48.8 Å². The van der Waals surface area contributed by atoms with E-state index in [1.54, 1.807) is 0 Å². The van der Waals surface area contributed by atoms with Crippen LogP contribution in [-0.4, -0.2) is 50.9 Å². The summed E-state index contributed by atoms with van der Waals surface area (Å²) in [5.41, 5.74) is 11.8. The van der Waals surface area contributed by atoms with Crippen molar-refractivity contribution in [2.75, 3.05) is 26.2 Å². The molecule has 0 radical (unpaired) electrons. The summed E-state index contributed by atoms with van der Waals surface area (Å²) < 4.78 is 2.05. The number of nitrogens with zero attached hydrogens (tertiary/aromatic N) is 4. The van der Waals surface area contributed by atoms with Crippen LogP contribution in [0, 0.1) is 5.92 Å². The maximum absolute atomic E-state index is 10.0. The van der Waals surface area contributed by atoms with Gasteiger partial charge >= 0.3 is 0 Å². The van der Waals surface area contributed by atoms with E-state index in [2.05, 4.69) is 46.0 Å². The fourth-order valence-electron chi connectivity index (χ4n) is 6.31. The van der Waals surface area contributed by atoms with Crippen LogP contribution in [0.1, 0.15) is 73.1 Å². The highest BCUT2D eigenvalue weighted by atomic mass is 16.3. The van der Waals surface area contributed by atoms with Gasteiger partial charge in [0, 0.05) is 18.7 Å². The van der Waals surface area contributed by atoms with E-state index in [0.717, 1.165) is 56.0 Å². The van der Waals surface area contributed by atoms with Gasteiger partial charge in [-0.15, -0.1) is 0 Å². The fourth-order valence-corrected chi connectivity index (χ4v) is 6.31. The Morgan fingerprint density at radius 1 is 0.892 bits per heavy atom. The second-order valence-electron chi connectivity index (χ2n) is 11.1. The highest BCUT2D eigenvalue weighted by Gasteiger charge is 2.24. The number of likely N-dealkylation sites (tertiary alicyclic amines) is 1. The fraction of sp³-hybridized carbons (Fsp3) is 0.548. The molecule has 1 saturated heterocycles. The van der Waals surface area contributed by atoms with Gasteiger partial charge in [0.25, 0.3) is 0 Å². The summed E-state index contributed by atoms with van der Waals surface area (Å²) in [6, 6.07) is 15.2. The molecule has 0 bridgehead atoms. The molecule has 2 aliphatic rings. The van der Waals surface area contributed by atoms with E-state index in [1.807, 2.05) is 12.4 Å². The Morgan fingerprint density at radius 2 is 1.62 bits per heavy atom. The van der Waals surface area contributed by atoms with E-state index in [4.69, 9.17) is 15.8 Å². The van der Waals surface area contributed by atoms with E-state index >= 15 is 0 Å². The maximum atomic E-state index is 10.0. The van der Waals surface area contributed by atoms with Gasteiger partial charge in [-0.1, -0.05) is 61.7 Å². The Hall–Kier alpha value is -2.54. The van der Waals surface area contributed by atoms with Crippen molar-refractivity contribution < 1.29 is 5.11 Å². The van der Waals surface area contributed by atoms with E-state index in [9.17, 15) is 5.11 Å². The summed E-state index contributed by atoms with van der Waals surface area (Å²) in [6.45, 7) is 5.16. The average Bonchev–Trinajstić information content (AvgIpc) is 3.42. The van der Waals surface area contributed by atoms with Gasteiger partial charge in [0.15, 0.2) is 5.82 Å². The third-order valence-electron chi connectivity index (χ3n) is 8.48. The van der Waals surface area contributed by atoms with Crippen LogP contribution >= 0.6 is 0 Å². The lowest BCUT2D eigenvalue weighted by Gasteiger charge is -2.31. The first kappa shape index (κ1) is 26.1. The molecule has 1 aliphatic heterocycles. The average molecular weight is 502 g/mol. The number of aliphatic hydroxyl groups is 1. The minimum absolute atomic E-state index is 0.0819. The van der Waals surface area contributed by atoms with Crippen molar-refractivity contribution in [2.24, 2.45) is 11.7 Å². The molecule has 3 aromatic rings. The predicted octanol–water partition coefficient (Wildman–Crippen LogP) is 4.94. The highest BCUT2D eigenvalue weighted by molar-refractivity contribution is 5.63. The van der Waals surface area contributed by atoms with Crippen molar-refractivity contribution in [1.82, 2.24) is 19.7 Å². The lowest BCUT2D eigenvalue weighted by Crippen LogP contribution is -2.36. The van der Waals surface area contributed by atoms with Gasteiger partial charge < -0.3 is 15.7 Å². The molecule has 1 saturated carbocycles. The van der Waals surface area contributed by atoms with Gasteiger partial charge in [0.05, 0.1) is 6.61 Å². The first-order valence-electron chi connectivity index (χ1n) is 14.4. The van der Waals surface area contributed by atoms with Crippen LogP contribution in [0.5, 0.6) is 0 Å². The molecule has 198 valence electrons. The summed E-state index contributed by atoms with van der Waals surface area (Å²) in [7, 11) is 0. The van der Waals surface area contributed by atoms with Crippen molar-refractivity contribution >= 4 is 0 Å². The first-order valence-corrected chi connectivity index (χ1v) is 14.4. The topological polar surface area (TPSA) is 80.2 Å². The normalized spacial score (nSPS) is 17.9. The van der Waals surface area contributed by atoms with E-state index < -0.39 is 0 Å². The molecular formula is C31H43N5O. The number of hydrogen-bond donors (Lipinski definition) is 2. The second-order valence-corrected chi connectivity index (χ2v) is 11.1. The Balaban J connectivity index is 1.15. The van der Waals surface area contributed by atoms with Crippen LogP contribution in [0.2, 0.25) is 0 Å². The SMILES string of the molecule is NCCc1ccc(CCN2CCC(Cn3cnc(-c4cccc(CO)c4C4CCCCC4)n3)CC2)cc1. The molecule has 37 heavy (non-hydrogen) atoms. The van der Waals surface area contributed by atoms with Crippen molar-refractivity contribution in [3.05, 3.63) is 71.0 Å². The Bertz CT molecular complexity index is 1110. The van der Waals surface area contributed by atoms with Gasteiger partial charge in [0.2, 0.25) is 0 Å². The summed E-state index contributed by atoms with van der Waals surface area (Å²) >= 11 is 0. The zero-order valence-electron chi connectivity index (χ0n) is 22.2. The lowest BCUT2D eigenvalue weighted by atomic mass is 9.80. The standard InChI is InChI=1S/C31H43N5O/c32-17-13-24-9-11-25(12-10-24)14-18-35-19-15-26(16-20-35)21-36-23-33-31(34-36)29-8-4-7-28(22-37)30(29)27-5-2-1-3-6-27/h4,7-12,23,26-27,37H,1-3,5-6,13-22,32H2. The van der Waals surface area contributed by atoms with Gasteiger partial charge in [-0.25, -0.2) is 4.98 Å². The molecule has 3 N–H and O–H groups in total. The molecule has 1 aromatic heterocycles. The van der Waals surface area contributed by atoms with Crippen molar-refractivity contribution in [2.45, 2.75) is 76.9 Å². The van der Waals surface area contributed by atoms with Crippen LogP contribution in [0.25, 0.3) is 11.4 Å². The molecule has 6 heteroatoms. The lowest BCUT2D eigenvalue weighted by molar-refractivity contribution is 0.172. The van der Waals surface area contributed by atoms with Crippen molar-refractivity contribution in [1.29, 1.82) is 0 Å². The molecule has 0 atom stereocenters. The predicted molar refractivity (Wildman–Crippen MR) is 149 cm³/mol. The molecule has 0 unspecified atom stereocenters. The minimum Gasteiger partial charge on any atom is -0.392 e. The van der Waals surface area contributed by atoms with Gasteiger partial charge in [-0.05, 0) is 92.2 Å². The van der Waals surface area contributed by atoms with Crippen molar-refractivity contribution in [3.63, 3.8) is 0 Å². The minimum atomic E-state index is 0.0819. The number of rotatable bonds is 10. The number of aliphatic hydroxyl groups excluding tert-OH is 1. The summed E-state index contributed by atoms with van der Waals surface area (Å²) in [6.07, 6.45) is 12.6. The van der Waals surface area contributed by atoms with Crippen LogP contribution in [-0.2, 0) is 26.0 Å². The molecule has 6 nitrogen and oxygen atoms in total. The quantitative estimate of drug-likeness (QED) is 0.411. The zero-order valence-corrected chi connectivity index (χ0v) is 22.2. The summed E-state index contributed by atoms with van der Waals surface area (Å²) in [5, 5.41) is 15.0. The molecule has 2 aromatic carbocycles. The molecular weight excluding hydrogens is 458 g/mol. The summed E-state index contributed by atoms with van der Waals surface area (Å²) in [5.74, 6) is 1.96. The van der Waals surface area contributed by atoms with Gasteiger partial charge in [-0.3, -0.25) is 4.68 Å². The van der Waals surface area contributed by atoms with Crippen molar-refractivity contribution in [3.8, 4) is 11.4 Å². The van der Waals surface area contributed by atoms with E-state index in [0.29, 0.717) is 18.4 Å². The van der Waals surface area contributed by atoms with Gasteiger partial charge in [0.1, 0.15) is 6.33 Å². The highest BCUT2D eigenvalue weighted by Crippen LogP contribution is 2.39. The Kier molecular flexibility index (Phi) is 9.03. The molecule has 1 aliphatic carbocycles. The summed E-state index contributed by atoms with van der Waals surface area (Å²) in [4.78, 5) is 7.34. The largest absolute Gasteiger partial charge is 0.392 e. The molecule has 5 rings (SSSR count). The number of aromatic nitrogens is 3. The van der Waals surface area contributed by atoms with Crippen LogP contribution in [0.3, 0.4) is 0 Å². The van der Waals surface area contributed by atoms with E-state index in [-0.39, 0.29) is 6.61 Å². The monoisotopic (exact) mass is 501 g/mol. The molecule has 2 fully saturated rings. The zero-order chi connectivity index (χ0) is 25.5. The van der Waals surface area contributed by atoms with E-state index in [1.165, 1.54) is 61.6 Å².